The molecule has 20 heavy (non-hydrogen) atoms. The number of amides is 1. The third kappa shape index (κ3) is 3.22. The van der Waals surface area contributed by atoms with E-state index in [2.05, 4.69) is 36.4 Å². The molecule has 0 atom stereocenters. The Morgan fingerprint density at radius 2 is 2.15 bits per heavy atom. The molecular formula is C13H17ClN4OS. The molecule has 1 aliphatic rings. The van der Waals surface area contributed by atoms with Gasteiger partial charge in [-0.3, -0.25) is 4.79 Å². The number of nitriles is 1. The normalized spacial score (nSPS) is 21.8. The quantitative estimate of drug-likeness (QED) is 0.664. The van der Waals surface area contributed by atoms with Crippen molar-refractivity contribution in [3.8, 4) is 6.19 Å². The van der Waals surface area contributed by atoms with Crippen molar-refractivity contribution >= 4 is 34.0 Å². The summed E-state index contributed by atoms with van der Waals surface area (Å²) in [5.74, 6) is -0.103. The van der Waals surface area contributed by atoms with Crippen molar-refractivity contribution in [1.29, 1.82) is 5.26 Å². The predicted molar refractivity (Wildman–Crippen MR) is 79.7 cm³/mol. The number of aromatic nitrogens is 1. The lowest BCUT2D eigenvalue weighted by Crippen LogP contribution is -2.44. The number of hydrogen-bond acceptors (Lipinski definition) is 5. The first-order valence-electron chi connectivity index (χ1n) is 6.43. The molecule has 7 heteroatoms. The summed E-state index contributed by atoms with van der Waals surface area (Å²) in [6.45, 7) is 6.17. The Balaban J connectivity index is 1.95. The lowest BCUT2D eigenvalue weighted by Gasteiger charge is -2.32. The van der Waals surface area contributed by atoms with Gasteiger partial charge in [-0.25, -0.2) is 4.98 Å². The van der Waals surface area contributed by atoms with Gasteiger partial charge in [-0.2, -0.15) is 5.26 Å². The lowest BCUT2D eigenvalue weighted by atomic mass is 9.80. The summed E-state index contributed by atoms with van der Waals surface area (Å²) in [6, 6.07) is 0.126. The van der Waals surface area contributed by atoms with E-state index in [9.17, 15) is 4.79 Å². The molecule has 0 aromatic carbocycles. The second-order valence-electron chi connectivity index (χ2n) is 6.00. The van der Waals surface area contributed by atoms with E-state index in [1.165, 1.54) is 11.3 Å². The molecule has 108 valence electrons. The molecule has 0 saturated heterocycles. The molecule has 1 saturated carbocycles. The van der Waals surface area contributed by atoms with Crippen LogP contribution in [0, 0.1) is 17.4 Å². The molecule has 2 N–H and O–H groups in total. The van der Waals surface area contributed by atoms with Gasteiger partial charge in [-0.05, 0) is 18.3 Å². The fourth-order valence-electron chi connectivity index (χ4n) is 2.07. The van der Waals surface area contributed by atoms with Crippen molar-refractivity contribution in [2.75, 3.05) is 5.32 Å². The van der Waals surface area contributed by atoms with E-state index in [4.69, 9.17) is 16.9 Å². The summed E-state index contributed by atoms with van der Waals surface area (Å²) in [6.07, 6.45) is 3.27. The molecule has 0 aliphatic heterocycles. The van der Waals surface area contributed by atoms with Gasteiger partial charge in [-0.15, -0.1) is 0 Å². The molecule has 0 radical (unpaired) electrons. The monoisotopic (exact) mass is 312 g/mol. The van der Waals surface area contributed by atoms with Crippen molar-refractivity contribution in [3.05, 3.63) is 10.0 Å². The fraction of sp³-hybridized carbons (Fsp3) is 0.615. The molecule has 1 heterocycles. The van der Waals surface area contributed by atoms with Crippen LogP contribution in [0.4, 0.5) is 5.13 Å². The van der Waals surface area contributed by atoms with Crippen molar-refractivity contribution in [1.82, 2.24) is 10.3 Å². The lowest BCUT2D eigenvalue weighted by molar-refractivity contribution is -0.122. The van der Waals surface area contributed by atoms with Crippen molar-refractivity contribution in [2.45, 2.75) is 45.1 Å². The fourth-order valence-corrected chi connectivity index (χ4v) is 3.52. The minimum Gasteiger partial charge on any atom is -0.321 e. The smallest absolute Gasteiger partial charge is 0.229 e. The topological polar surface area (TPSA) is 77.8 Å². The zero-order valence-electron chi connectivity index (χ0n) is 11.7. The van der Waals surface area contributed by atoms with E-state index in [1.807, 2.05) is 6.19 Å². The van der Waals surface area contributed by atoms with Gasteiger partial charge in [-0.1, -0.05) is 43.7 Å². The van der Waals surface area contributed by atoms with Crippen molar-refractivity contribution in [2.24, 2.45) is 5.92 Å². The van der Waals surface area contributed by atoms with Crippen LogP contribution in [-0.2, 0) is 10.2 Å². The first-order chi connectivity index (χ1) is 9.31. The van der Waals surface area contributed by atoms with E-state index in [0.717, 1.165) is 4.88 Å². The van der Waals surface area contributed by atoms with Crippen LogP contribution in [0.15, 0.2) is 0 Å². The number of thiazole rings is 1. The Morgan fingerprint density at radius 1 is 1.50 bits per heavy atom. The number of carbonyl (C=O) groups excluding carboxylic acids is 1. The van der Waals surface area contributed by atoms with Gasteiger partial charge in [0.2, 0.25) is 5.91 Å². The molecule has 1 aromatic rings. The van der Waals surface area contributed by atoms with Crippen LogP contribution in [0.5, 0.6) is 0 Å². The molecule has 1 amide bonds. The number of rotatable bonds is 3. The number of halogens is 1. The van der Waals surface area contributed by atoms with E-state index in [0.29, 0.717) is 23.1 Å². The summed E-state index contributed by atoms with van der Waals surface area (Å²) in [5, 5.41) is 15.0. The molecule has 1 fully saturated rings. The highest BCUT2D eigenvalue weighted by Gasteiger charge is 2.35. The Labute approximate surface area is 127 Å². The van der Waals surface area contributed by atoms with Gasteiger partial charge in [0, 0.05) is 12.0 Å². The average Bonchev–Trinajstić information content (AvgIpc) is 2.63. The molecule has 2 rings (SSSR count). The molecule has 1 aliphatic carbocycles. The second-order valence-corrected chi connectivity index (χ2v) is 7.36. The van der Waals surface area contributed by atoms with Gasteiger partial charge in [0.05, 0.1) is 4.88 Å². The van der Waals surface area contributed by atoms with Crippen LogP contribution in [0.1, 0.15) is 38.5 Å². The minimum absolute atomic E-state index is 0.0492. The largest absolute Gasteiger partial charge is 0.321 e. The van der Waals surface area contributed by atoms with Gasteiger partial charge in [0.15, 0.2) is 11.3 Å². The maximum Gasteiger partial charge on any atom is 0.229 e. The zero-order chi connectivity index (χ0) is 14.9. The Hall–Kier alpha value is -1.32. The molecular weight excluding hydrogens is 296 g/mol. The Morgan fingerprint density at radius 3 is 2.65 bits per heavy atom. The SMILES string of the molecule is CC(C)(C)c1sc(NC(=O)[C@H]2C[C@H](NC#N)C2)nc1Cl. The van der Waals surface area contributed by atoms with Gasteiger partial charge < -0.3 is 10.6 Å². The number of anilines is 1. The highest BCUT2D eigenvalue weighted by molar-refractivity contribution is 7.16. The van der Waals surface area contributed by atoms with Crippen molar-refractivity contribution in [3.63, 3.8) is 0 Å². The van der Waals surface area contributed by atoms with Gasteiger partial charge >= 0.3 is 0 Å². The van der Waals surface area contributed by atoms with E-state index >= 15 is 0 Å². The number of nitrogens with one attached hydrogen (secondary N) is 2. The van der Waals surface area contributed by atoms with E-state index in [1.54, 1.807) is 0 Å². The van der Waals surface area contributed by atoms with Crippen LogP contribution < -0.4 is 10.6 Å². The number of hydrogen-bond donors (Lipinski definition) is 2. The van der Waals surface area contributed by atoms with Crippen LogP contribution in [-0.4, -0.2) is 16.9 Å². The van der Waals surface area contributed by atoms with Gasteiger partial charge in [0.25, 0.3) is 0 Å². The minimum atomic E-state index is -0.0873. The van der Waals surface area contributed by atoms with Crippen molar-refractivity contribution < 1.29 is 4.79 Å². The summed E-state index contributed by atoms with van der Waals surface area (Å²) >= 11 is 7.52. The maximum atomic E-state index is 12.0. The van der Waals surface area contributed by atoms with Crippen LogP contribution in [0.2, 0.25) is 5.15 Å². The first-order valence-corrected chi connectivity index (χ1v) is 7.63. The Kier molecular flexibility index (Phi) is 4.21. The highest BCUT2D eigenvalue weighted by atomic mass is 35.5. The van der Waals surface area contributed by atoms with E-state index in [-0.39, 0.29) is 23.3 Å². The van der Waals surface area contributed by atoms with E-state index < -0.39 is 0 Å². The number of nitrogens with zero attached hydrogens (tertiary/aromatic N) is 2. The molecule has 5 nitrogen and oxygen atoms in total. The average molecular weight is 313 g/mol. The molecule has 1 aromatic heterocycles. The summed E-state index contributed by atoms with van der Waals surface area (Å²) < 4.78 is 0. The maximum absolute atomic E-state index is 12.0. The third-order valence-electron chi connectivity index (χ3n) is 3.27. The summed E-state index contributed by atoms with van der Waals surface area (Å²) in [4.78, 5) is 17.2. The number of carbonyl (C=O) groups is 1. The zero-order valence-corrected chi connectivity index (χ0v) is 13.2. The summed E-state index contributed by atoms with van der Waals surface area (Å²) in [5.41, 5.74) is -0.0873. The predicted octanol–water partition coefficient (Wildman–Crippen LogP) is 2.88. The van der Waals surface area contributed by atoms with Crippen LogP contribution in [0.25, 0.3) is 0 Å². The van der Waals surface area contributed by atoms with Crippen LogP contribution in [0.3, 0.4) is 0 Å². The Bertz CT molecular complexity index is 552. The molecule has 0 unspecified atom stereocenters. The molecule has 0 spiro atoms. The van der Waals surface area contributed by atoms with Gasteiger partial charge in [0.1, 0.15) is 5.15 Å². The third-order valence-corrected chi connectivity index (χ3v) is 5.06. The van der Waals surface area contributed by atoms with Crippen LogP contribution >= 0.6 is 22.9 Å². The highest BCUT2D eigenvalue weighted by Crippen LogP contribution is 2.37. The standard InChI is InChI=1S/C13H17ClN4OS/c1-13(2,3)9-10(14)17-12(20-9)18-11(19)7-4-8(5-7)16-6-15/h7-8,16H,4-5H2,1-3H3,(H,17,18,19)/t7-,8-. The first kappa shape index (κ1) is 15.1. The second kappa shape index (κ2) is 5.58. The molecule has 0 bridgehead atoms. The summed E-state index contributed by atoms with van der Waals surface area (Å²) in [7, 11) is 0.